The Morgan fingerprint density at radius 3 is 2.95 bits per heavy atom. The van der Waals surface area contributed by atoms with Gasteiger partial charge in [0.15, 0.2) is 0 Å². The van der Waals surface area contributed by atoms with Crippen molar-refractivity contribution in [2.24, 2.45) is 5.92 Å². The topological polar surface area (TPSA) is 58.5 Å². The highest BCUT2D eigenvalue weighted by molar-refractivity contribution is 5.36. The highest BCUT2D eigenvalue weighted by atomic mass is 16.5. The zero-order valence-electron chi connectivity index (χ0n) is 13.2. The van der Waals surface area contributed by atoms with E-state index in [-0.39, 0.29) is 12.0 Å². The first-order valence-electron chi connectivity index (χ1n) is 7.86. The molecule has 5 nitrogen and oxygen atoms in total. The van der Waals surface area contributed by atoms with Gasteiger partial charge in [0.25, 0.3) is 0 Å². The fourth-order valence-electron chi connectivity index (χ4n) is 3.49. The standard InChI is InChI=1S/C16H25N3O2/c1-11-9-17-15(18-12(11)2)19-7-4-5-14(19)13-10-21-8-6-16(13,3)20/h9,13-14,20H,4-8,10H2,1-3H3/t13-,14+,16+/m0/s1. The first kappa shape index (κ1) is 14.7. The van der Waals surface area contributed by atoms with Gasteiger partial charge in [-0.3, -0.25) is 0 Å². The van der Waals surface area contributed by atoms with Crippen LogP contribution in [0.5, 0.6) is 0 Å². The minimum Gasteiger partial charge on any atom is -0.390 e. The van der Waals surface area contributed by atoms with Gasteiger partial charge in [-0.05, 0) is 45.6 Å². The van der Waals surface area contributed by atoms with Crippen LogP contribution in [0.25, 0.3) is 0 Å². The van der Waals surface area contributed by atoms with Gasteiger partial charge in [0.2, 0.25) is 5.95 Å². The molecule has 0 unspecified atom stereocenters. The number of aromatic nitrogens is 2. The first-order valence-corrected chi connectivity index (χ1v) is 7.86. The van der Waals surface area contributed by atoms with Crippen molar-refractivity contribution in [3.8, 4) is 0 Å². The SMILES string of the molecule is Cc1cnc(N2CCC[C@@H]2[C@@H]2COCC[C@@]2(C)O)nc1C. The summed E-state index contributed by atoms with van der Waals surface area (Å²) in [6.45, 7) is 8.22. The molecule has 0 spiro atoms. The normalized spacial score (nSPS) is 33.4. The summed E-state index contributed by atoms with van der Waals surface area (Å²) in [6, 6.07) is 0.266. The highest BCUT2D eigenvalue weighted by Crippen LogP contribution is 2.37. The number of hydrogen-bond acceptors (Lipinski definition) is 5. The van der Waals surface area contributed by atoms with Crippen molar-refractivity contribution in [3.63, 3.8) is 0 Å². The molecule has 2 aliphatic heterocycles. The molecule has 116 valence electrons. The second-order valence-corrected chi connectivity index (χ2v) is 6.63. The van der Waals surface area contributed by atoms with Crippen LogP contribution in [-0.2, 0) is 4.74 Å². The maximum Gasteiger partial charge on any atom is 0.225 e. The zero-order chi connectivity index (χ0) is 15.0. The van der Waals surface area contributed by atoms with E-state index in [1.165, 1.54) is 0 Å². The van der Waals surface area contributed by atoms with E-state index in [4.69, 9.17) is 4.74 Å². The van der Waals surface area contributed by atoms with Crippen LogP contribution in [0.15, 0.2) is 6.20 Å². The Balaban J connectivity index is 1.86. The van der Waals surface area contributed by atoms with Crippen molar-refractivity contribution in [1.29, 1.82) is 0 Å². The Morgan fingerprint density at radius 1 is 1.43 bits per heavy atom. The summed E-state index contributed by atoms with van der Waals surface area (Å²) in [6.07, 6.45) is 4.78. The van der Waals surface area contributed by atoms with Crippen LogP contribution in [-0.4, -0.2) is 46.5 Å². The first-order chi connectivity index (χ1) is 9.99. The van der Waals surface area contributed by atoms with Crippen LogP contribution < -0.4 is 4.90 Å². The number of hydrogen-bond donors (Lipinski definition) is 1. The average Bonchev–Trinajstić information content (AvgIpc) is 2.90. The Kier molecular flexibility index (Phi) is 3.88. The van der Waals surface area contributed by atoms with Crippen molar-refractivity contribution in [3.05, 3.63) is 17.5 Å². The molecule has 0 aromatic carbocycles. The van der Waals surface area contributed by atoms with Gasteiger partial charge >= 0.3 is 0 Å². The predicted molar refractivity (Wildman–Crippen MR) is 81.4 cm³/mol. The van der Waals surface area contributed by atoms with Crippen molar-refractivity contribution in [2.75, 3.05) is 24.7 Å². The molecule has 2 saturated heterocycles. The molecule has 0 radical (unpaired) electrons. The van der Waals surface area contributed by atoms with Gasteiger partial charge in [-0.25, -0.2) is 9.97 Å². The van der Waals surface area contributed by atoms with Gasteiger partial charge in [-0.2, -0.15) is 0 Å². The van der Waals surface area contributed by atoms with E-state index < -0.39 is 5.60 Å². The molecule has 3 atom stereocenters. The monoisotopic (exact) mass is 291 g/mol. The summed E-state index contributed by atoms with van der Waals surface area (Å²) < 4.78 is 5.63. The lowest BCUT2D eigenvalue weighted by molar-refractivity contribution is -0.108. The van der Waals surface area contributed by atoms with Gasteiger partial charge in [0, 0.05) is 37.0 Å². The van der Waals surface area contributed by atoms with Gasteiger partial charge in [-0.1, -0.05) is 0 Å². The number of aryl methyl sites for hydroxylation is 2. The quantitative estimate of drug-likeness (QED) is 0.901. The largest absolute Gasteiger partial charge is 0.390 e. The fraction of sp³-hybridized carbons (Fsp3) is 0.750. The molecule has 1 N–H and O–H groups in total. The van der Waals surface area contributed by atoms with Crippen LogP contribution in [0.1, 0.15) is 37.4 Å². The van der Waals surface area contributed by atoms with Crippen molar-refractivity contribution in [2.45, 2.75) is 51.7 Å². The third-order valence-corrected chi connectivity index (χ3v) is 5.08. The molecule has 0 amide bonds. The van der Waals surface area contributed by atoms with E-state index in [0.29, 0.717) is 19.6 Å². The minimum atomic E-state index is -0.661. The van der Waals surface area contributed by atoms with E-state index in [2.05, 4.69) is 14.9 Å². The van der Waals surface area contributed by atoms with Crippen molar-refractivity contribution in [1.82, 2.24) is 9.97 Å². The van der Waals surface area contributed by atoms with Gasteiger partial charge in [0.05, 0.1) is 12.2 Å². The molecule has 3 rings (SSSR count). The summed E-state index contributed by atoms with van der Waals surface area (Å²) in [7, 11) is 0. The molecular weight excluding hydrogens is 266 g/mol. The Hall–Kier alpha value is -1.20. The summed E-state index contributed by atoms with van der Waals surface area (Å²) in [5.74, 6) is 0.918. The molecule has 2 fully saturated rings. The lowest BCUT2D eigenvalue weighted by Gasteiger charge is -2.43. The summed E-state index contributed by atoms with van der Waals surface area (Å²) in [5, 5.41) is 10.7. The number of anilines is 1. The summed E-state index contributed by atoms with van der Waals surface area (Å²) >= 11 is 0. The molecule has 0 bridgehead atoms. The number of aliphatic hydroxyl groups is 1. The molecule has 1 aromatic heterocycles. The third kappa shape index (κ3) is 2.77. The maximum atomic E-state index is 10.7. The molecule has 21 heavy (non-hydrogen) atoms. The van der Waals surface area contributed by atoms with E-state index in [9.17, 15) is 5.11 Å². The van der Waals surface area contributed by atoms with E-state index in [0.717, 1.165) is 36.6 Å². The molecule has 3 heterocycles. The number of nitrogens with zero attached hydrogens (tertiary/aromatic N) is 3. The van der Waals surface area contributed by atoms with Crippen LogP contribution in [0.4, 0.5) is 5.95 Å². The minimum absolute atomic E-state index is 0.124. The number of rotatable bonds is 2. The second kappa shape index (κ2) is 5.54. The lowest BCUT2D eigenvalue weighted by Crippen LogP contribution is -2.53. The van der Waals surface area contributed by atoms with Gasteiger partial charge in [0.1, 0.15) is 0 Å². The zero-order valence-corrected chi connectivity index (χ0v) is 13.2. The Bertz CT molecular complexity index is 518. The van der Waals surface area contributed by atoms with E-state index >= 15 is 0 Å². The van der Waals surface area contributed by atoms with Crippen LogP contribution >= 0.6 is 0 Å². The Labute approximate surface area is 126 Å². The Morgan fingerprint density at radius 2 is 2.24 bits per heavy atom. The van der Waals surface area contributed by atoms with Crippen LogP contribution in [0, 0.1) is 19.8 Å². The van der Waals surface area contributed by atoms with E-state index in [1.54, 1.807) is 0 Å². The van der Waals surface area contributed by atoms with E-state index in [1.807, 2.05) is 27.0 Å². The van der Waals surface area contributed by atoms with Crippen molar-refractivity contribution < 1.29 is 9.84 Å². The smallest absolute Gasteiger partial charge is 0.225 e. The summed E-state index contributed by atoms with van der Waals surface area (Å²) in [5.41, 5.74) is 1.48. The summed E-state index contributed by atoms with van der Waals surface area (Å²) in [4.78, 5) is 11.4. The number of ether oxygens (including phenoxy) is 1. The van der Waals surface area contributed by atoms with Crippen LogP contribution in [0.3, 0.4) is 0 Å². The van der Waals surface area contributed by atoms with Crippen LogP contribution in [0.2, 0.25) is 0 Å². The van der Waals surface area contributed by atoms with Crippen molar-refractivity contribution >= 4 is 5.95 Å². The molecule has 1 aromatic rings. The predicted octanol–water partition coefficient (Wildman–Crippen LogP) is 1.85. The molecular formula is C16H25N3O2. The average molecular weight is 291 g/mol. The molecule has 2 aliphatic rings. The molecule has 0 saturated carbocycles. The van der Waals surface area contributed by atoms with Gasteiger partial charge in [-0.15, -0.1) is 0 Å². The highest BCUT2D eigenvalue weighted by Gasteiger charge is 2.44. The third-order valence-electron chi connectivity index (χ3n) is 5.08. The second-order valence-electron chi connectivity index (χ2n) is 6.63. The van der Waals surface area contributed by atoms with Gasteiger partial charge < -0.3 is 14.7 Å². The molecule has 0 aliphatic carbocycles. The fourth-order valence-corrected chi connectivity index (χ4v) is 3.49. The maximum absolute atomic E-state index is 10.7. The molecule has 5 heteroatoms. The lowest BCUT2D eigenvalue weighted by atomic mass is 9.79.